The summed E-state index contributed by atoms with van der Waals surface area (Å²) in [6.07, 6.45) is -2.79. The summed E-state index contributed by atoms with van der Waals surface area (Å²) in [5, 5.41) is 0. The van der Waals surface area contributed by atoms with E-state index in [1.54, 1.807) is 0 Å². The Balaban J connectivity index is 2.64. The summed E-state index contributed by atoms with van der Waals surface area (Å²) in [4.78, 5) is 7.20. The monoisotopic (exact) mass is 191 g/mol. The predicted octanol–water partition coefficient (Wildman–Crippen LogP) is 1.43. The van der Waals surface area contributed by atoms with Gasteiger partial charge in [-0.3, -0.25) is 0 Å². The van der Waals surface area contributed by atoms with Gasteiger partial charge in [-0.25, -0.2) is 9.97 Å². The number of alkyl halides is 3. The maximum Gasteiger partial charge on any atom is 0.390 e. The Morgan fingerprint density at radius 3 is 2.62 bits per heavy atom. The molecule has 0 fully saturated rings. The Labute approximate surface area is 72.8 Å². The highest BCUT2D eigenvalue weighted by Crippen LogP contribution is 2.26. The van der Waals surface area contributed by atoms with Gasteiger partial charge in [-0.15, -0.1) is 0 Å². The lowest BCUT2D eigenvalue weighted by atomic mass is 10.1. The normalized spacial score (nSPS) is 14.2. The molecular formula is C7H8F3N3. The lowest BCUT2D eigenvalue weighted by Gasteiger charge is -2.12. The van der Waals surface area contributed by atoms with Gasteiger partial charge < -0.3 is 5.73 Å². The van der Waals surface area contributed by atoms with Crippen LogP contribution >= 0.6 is 0 Å². The summed E-state index contributed by atoms with van der Waals surface area (Å²) < 4.78 is 35.6. The lowest BCUT2D eigenvalue weighted by Crippen LogP contribution is -2.21. The van der Waals surface area contributed by atoms with Crippen LogP contribution < -0.4 is 5.73 Å². The fourth-order valence-corrected chi connectivity index (χ4v) is 0.874. The standard InChI is InChI=1S/C7H8F3N3/c8-7(9,10)3-5(11)6-1-2-12-4-13-6/h1-2,4-5H,3,11H2/t5-/m1/s1. The van der Waals surface area contributed by atoms with Crippen LogP contribution in [0.1, 0.15) is 18.2 Å². The molecule has 1 aromatic heterocycles. The van der Waals surface area contributed by atoms with E-state index in [0.29, 0.717) is 0 Å². The van der Waals surface area contributed by atoms with Gasteiger partial charge in [0.1, 0.15) is 6.33 Å². The molecule has 0 aliphatic heterocycles. The zero-order chi connectivity index (χ0) is 9.90. The van der Waals surface area contributed by atoms with Crippen LogP contribution in [-0.4, -0.2) is 16.1 Å². The molecule has 0 amide bonds. The summed E-state index contributed by atoms with van der Waals surface area (Å²) in [5.74, 6) is 0. The van der Waals surface area contributed by atoms with E-state index in [-0.39, 0.29) is 5.69 Å². The van der Waals surface area contributed by atoms with Crippen molar-refractivity contribution in [3.63, 3.8) is 0 Å². The minimum Gasteiger partial charge on any atom is -0.322 e. The second-order valence-corrected chi connectivity index (χ2v) is 2.56. The number of hydrogen-bond acceptors (Lipinski definition) is 3. The van der Waals surface area contributed by atoms with Gasteiger partial charge in [0.2, 0.25) is 0 Å². The molecule has 0 aromatic carbocycles. The highest BCUT2D eigenvalue weighted by Gasteiger charge is 2.31. The maximum absolute atomic E-state index is 11.9. The third-order valence-corrected chi connectivity index (χ3v) is 1.44. The minimum absolute atomic E-state index is 0.201. The number of nitrogens with two attached hydrogens (primary N) is 1. The van der Waals surface area contributed by atoms with Gasteiger partial charge in [-0.2, -0.15) is 13.2 Å². The number of rotatable bonds is 2. The first-order chi connectivity index (χ1) is 5.99. The van der Waals surface area contributed by atoms with E-state index < -0.39 is 18.6 Å². The third-order valence-electron chi connectivity index (χ3n) is 1.44. The van der Waals surface area contributed by atoms with Crippen molar-refractivity contribution in [2.75, 3.05) is 0 Å². The van der Waals surface area contributed by atoms with Gasteiger partial charge in [0.25, 0.3) is 0 Å². The largest absolute Gasteiger partial charge is 0.390 e. The van der Waals surface area contributed by atoms with Crippen molar-refractivity contribution in [1.29, 1.82) is 0 Å². The van der Waals surface area contributed by atoms with Crippen LogP contribution in [0.25, 0.3) is 0 Å². The molecule has 0 saturated carbocycles. The first-order valence-electron chi connectivity index (χ1n) is 3.57. The molecule has 3 nitrogen and oxygen atoms in total. The van der Waals surface area contributed by atoms with Gasteiger partial charge in [0.05, 0.1) is 18.2 Å². The zero-order valence-corrected chi connectivity index (χ0v) is 6.62. The van der Waals surface area contributed by atoms with E-state index in [0.717, 1.165) is 0 Å². The molecule has 1 heterocycles. The molecule has 13 heavy (non-hydrogen) atoms. The average molecular weight is 191 g/mol. The highest BCUT2D eigenvalue weighted by molar-refractivity contribution is 5.03. The number of nitrogens with zero attached hydrogens (tertiary/aromatic N) is 2. The van der Waals surface area contributed by atoms with Gasteiger partial charge in [0, 0.05) is 6.20 Å². The summed E-state index contributed by atoms with van der Waals surface area (Å²) >= 11 is 0. The molecule has 0 aliphatic carbocycles. The molecule has 0 spiro atoms. The second kappa shape index (κ2) is 3.69. The smallest absolute Gasteiger partial charge is 0.322 e. The molecule has 1 rings (SSSR count). The van der Waals surface area contributed by atoms with Crippen molar-refractivity contribution < 1.29 is 13.2 Å². The van der Waals surface area contributed by atoms with Crippen LogP contribution in [-0.2, 0) is 0 Å². The predicted molar refractivity (Wildman–Crippen MR) is 39.6 cm³/mol. The summed E-state index contributed by atoms with van der Waals surface area (Å²) in [5.41, 5.74) is 5.47. The van der Waals surface area contributed by atoms with Crippen LogP contribution in [0.15, 0.2) is 18.6 Å². The van der Waals surface area contributed by atoms with E-state index in [9.17, 15) is 13.2 Å². The quantitative estimate of drug-likeness (QED) is 0.769. The van der Waals surface area contributed by atoms with Gasteiger partial charge in [-0.05, 0) is 6.07 Å². The molecule has 1 aromatic rings. The highest BCUT2D eigenvalue weighted by atomic mass is 19.4. The first kappa shape index (κ1) is 9.91. The second-order valence-electron chi connectivity index (χ2n) is 2.56. The van der Waals surface area contributed by atoms with Crippen molar-refractivity contribution in [1.82, 2.24) is 9.97 Å². The van der Waals surface area contributed by atoms with Crippen LogP contribution in [0, 0.1) is 0 Å². The number of hydrogen-bond donors (Lipinski definition) is 1. The molecule has 72 valence electrons. The van der Waals surface area contributed by atoms with Crippen LogP contribution in [0.4, 0.5) is 13.2 Å². The molecule has 6 heteroatoms. The van der Waals surface area contributed by atoms with E-state index in [4.69, 9.17) is 5.73 Å². The van der Waals surface area contributed by atoms with E-state index >= 15 is 0 Å². The summed E-state index contributed by atoms with van der Waals surface area (Å²) in [6.45, 7) is 0. The molecule has 1 atom stereocenters. The Morgan fingerprint density at radius 1 is 1.46 bits per heavy atom. The van der Waals surface area contributed by atoms with Crippen molar-refractivity contribution in [2.24, 2.45) is 5.73 Å². The van der Waals surface area contributed by atoms with E-state index in [1.807, 2.05) is 0 Å². The van der Waals surface area contributed by atoms with Crippen LogP contribution in [0.5, 0.6) is 0 Å². The molecule has 0 aliphatic rings. The first-order valence-corrected chi connectivity index (χ1v) is 3.57. The third kappa shape index (κ3) is 3.37. The van der Waals surface area contributed by atoms with Crippen LogP contribution in [0.2, 0.25) is 0 Å². The topological polar surface area (TPSA) is 51.8 Å². The Morgan fingerprint density at radius 2 is 2.15 bits per heavy atom. The van der Waals surface area contributed by atoms with E-state index in [2.05, 4.69) is 9.97 Å². The van der Waals surface area contributed by atoms with E-state index in [1.165, 1.54) is 18.6 Å². The fraction of sp³-hybridized carbons (Fsp3) is 0.429. The maximum atomic E-state index is 11.9. The lowest BCUT2D eigenvalue weighted by molar-refractivity contribution is -0.138. The van der Waals surface area contributed by atoms with Crippen molar-refractivity contribution >= 4 is 0 Å². The Kier molecular flexibility index (Phi) is 2.82. The van der Waals surface area contributed by atoms with Gasteiger partial charge >= 0.3 is 6.18 Å². The number of halogens is 3. The minimum atomic E-state index is -4.26. The van der Waals surface area contributed by atoms with Gasteiger partial charge in [-0.1, -0.05) is 0 Å². The molecular weight excluding hydrogens is 183 g/mol. The average Bonchev–Trinajstić information content (AvgIpc) is 2.03. The molecule has 0 saturated heterocycles. The molecule has 0 unspecified atom stereocenters. The summed E-state index contributed by atoms with van der Waals surface area (Å²) in [6, 6.07) is 0.263. The number of aromatic nitrogens is 2. The SMILES string of the molecule is N[C@H](CC(F)(F)F)c1ccncn1. The molecule has 0 radical (unpaired) electrons. The summed E-state index contributed by atoms with van der Waals surface area (Å²) in [7, 11) is 0. The molecule has 0 bridgehead atoms. The van der Waals surface area contributed by atoms with Crippen molar-refractivity contribution in [3.05, 3.63) is 24.3 Å². The Hall–Kier alpha value is -1.17. The molecule has 2 N–H and O–H groups in total. The van der Waals surface area contributed by atoms with Crippen LogP contribution in [0.3, 0.4) is 0 Å². The van der Waals surface area contributed by atoms with Crippen molar-refractivity contribution in [3.8, 4) is 0 Å². The fourth-order valence-electron chi connectivity index (χ4n) is 0.874. The van der Waals surface area contributed by atoms with Crippen molar-refractivity contribution in [2.45, 2.75) is 18.6 Å². The Bertz CT molecular complexity index is 259. The zero-order valence-electron chi connectivity index (χ0n) is 6.62. The van der Waals surface area contributed by atoms with Gasteiger partial charge in [0.15, 0.2) is 0 Å².